The Morgan fingerprint density at radius 3 is 2.89 bits per heavy atom. The predicted molar refractivity (Wildman–Crippen MR) is 73.0 cm³/mol. The molecular weight excluding hydrogens is 245 g/mol. The molecule has 19 heavy (non-hydrogen) atoms. The third-order valence-electron chi connectivity index (χ3n) is 3.84. The SMILES string of the molecule is CC1CCCC(CNc2ccc(C(=O)O)cc2F)C1. The number of hydrogen-bond acceptors (Lipinski definition) is 2. The highest BCUT2D eigenvalue weighted by atomic mass is 19.1. The second-order valence-corrected chi connectivity index (χ2v) is 5.52. The molecule has 0 radical (unpaired) electrons. The van der Waals surface area contributed by atoms with E-state index in [9.17, 15) is 9.18 Å². The molecule has 2 rings (SSSR count). The summed E-state index contributed by atoms with van der Waals surface area (Å²) in [5.74, 6) is -0.266. The smallest absolute Gasteiger partial charge is 0.335 e. The molecule has 2 atom stereocenters. The van der Waals surface area contributed by atoms with Gasteiger partial charge in [-0.1, -0.05) is 19.8 Å². The number of rotatable bonds is 4. The summed E-state index contributed by atoms with van der Waals surface area (Å²) in [4.78, 5) is 10.7. The van der Waals surface area contributed by atoms with Crippen LogP contribution in [0.15, 0.2) is 18.2 Å². The lowest BCUT2D eigenvalue weighted by Gasteiger charge is -2.27. The second kappa shape index (κ2) is 6.04. The first-order valence-corrected chi connectivity index (χ1v) is 6.83. The van der Waals surface area contributed by atoms with E-state index in [1.54, 1.807) is 0 Å². The van der Waals surface area contributed by atoms with Gasteiger partial charge < -0.3 is 10.4 Å². The number of carboxylic acid groups (broad SMARTS) is 1. The molecule has 3 nitrogen and oxygen atoms in total. The molecule has 1 fully saturated rings. The van der Waals surface area contributed by atoms with Crippen LogP contribution in [0.5, 0.6) is 0 Å². The minimum atomic E-state index is -1.11. The van der Waals surface area contributed by atoms with Crippen LogP contribution in [0.25, 0.3) is 0 Å². The van der Waals surface area contributed by atoms with Crippen molar-refractivity contribution < 1.29 is 14.3 Å². The van der Waals surface area contributed by atoms with Crippen LogP contribution < -0.4 is 5.32 Å². The van der Waals surface area contributed by atoms with Crippen molar-refractivity contribution in [3.05, 3.63) is 29.6 Å². The van der Waals surface area contributed by atoms with Gasteiger partial charge in [-0.05, 0) is 42.9 Å². The first kappa shape index (κ1) is 13.8. The molecule has 2 N–H and O–H groups in total. The third kappa shape index (κ3) is 3.69. The molecule has 0 heterocycles. The summed E-state index contributed by atoms with van der Waals surface area (Å²) in [6.45, 7) is 3.02. The van der Waals surface area contributed by atoms with E-state index in [4.69, 9.17) is 5.11 Å². The molecule has 0 amide bonds. The molecule has 0 aromatic heterocycles. The van der Waals surface area contributed by atoms with Gasteiger partial charge in [0.15, 0.2) is 0 Å². The van der Waals surface area contributed by atoms with Gasteiger partial charge in [0, 0.05) is 6.54 Å². The lowest BCUT2D eigenvalue weighted by molar-refractivity contribution is 0.0696. The van der Waals surface area contributed by atoms with Gasteiger partial charge in [0.05, 0.1) is 11.3 Å². The van der Waals surface area contributed by atoms with Crippen molar-refractivity contribution >= 4 is 11.7 Å². The molecule has 104 valence electrons. The van der Waals surface area contributed by atoms with Crippen molar-refractivity contribution in [3.8, 4) is 0 Å². The molecule has 1 aliphatic carbocycles. The number of halogens is 1. The summed E-state index contributed by atoms with van der Waals surface area (Å²) in [6, 6.07) is 4.00. The Bertz CT molecular complexity index is 461. The van der Waals surface area contributed by atoms with Crippen LogP contribution in [0.4, 0.5) is 10.1 Å². The van der Waals surface area contributed by atoms with Gasteiger partial charge in [-0.2, -0.15) is 0 Å². The number of nitrogens with one attached hydrogen (secondary N) is 1. The fraction of sp³-hybridized carbons (Fsp3) is 0.533. The van der Waals surface area contributed by atoms with Crippen molar-refractivity contribution in [1.82, 2.24) is 0 Å². The van der Waals surface area contributed by atoms with E-state index in [2.05, 4.69) is 12.2 Å². The third-order valence-corrected chi connectivity index (χ3v) is 3.84. The van der Waals surface area contributed by atoms with Gasteiger partial charge in [-0.25, -0.2) is 9.18 Å². The summed E-state index contributed by atoms with van der Waals surface area (Å²) in [5, 5.41) is 11.9. The monoisotopic (exact) mass is 265 g/mol. The van der Waals surface area contributed by atoms with Crippen LogP contribution in [0, 0.1) is 17.7 Å². The van der Waals surface area contributed by atoms with Gasteiger partial charge in [0.25, 0.3) is 0 Å². The maximum absolute atomic E-state index is 13.7. The zero-order valence-electron chi connectivity index (χ0n) is 11.2. The quantitative estimate of drug-likeness (QED) is 0.871. The van der Waals surface area contributed by atoms with E-state index in [-0.39, 0.29) is 5.56 Å². The maximum atomic E-state index is 13.7. The minimum Gasteiger partial charge on any atom is -0.478 e. The zero-order valence-corrected chi connectivity index (χ0v) is 11.2. The molecule has 0 aliphatic heterocycles. The summed E-state index contributed by atoms with van der Waals surface area (Å²) >= 11 is 0. The van der Waals surface area contributed by atoms with Crippen LogP contribution >= 0.6 is 0 Å². The predicted octanol–water partition coefficient (Wildman–Crippen LogP) is 3.76. The first-order valence-electron chi connectivity index (χ1n) is 6.83. The standard InChI is InChI=1S/C15H20FNO2/c1-10-3-2-4-11(7-10)9-17-14-6-5-12(15(18)19)8-13(14)16/h5-6,8,10-11,17H,2-4,7,9H2,1H3,(H,18,19). The molecule has 4 heteroatoms. The van der Waals surface area contributed by atoms with E-state index >= 15 is 0 Å². The van der Waals surface area contributed by atoms with Crippen LogP contribution in [-0.2, 0) is 0 Å². The zero-order chi connectivity index (χ0) is 13.8. The van der Waals surface area contributed by atoms with E-state index in [0.29, 0.717) is 11.6 Å². The van der Waals surface area contributed by atoms with Crippen molar-refractivity contribution in [2.24, 2.45) is 11.8 Å². The van der Waals surface area contributed by atoms with Crippen molar-refractivity contribution in [3.63, 3.8) is 0 Å². The Balaban J connectivity index is 1.94. The van der Waals surface area contributed by atoms with E-state index < -0.39 is 11.8 Å². The van der Waals surface area contributed by atoms with Gasteiger partial charge in [0.1, 0.15) is 5.82 Å². The number of aromatic carboxylic acids is 1. The maximum Gasteiger partial charge on any atom is 0.335 e. The molecule has 2 unspecified atom stereocenters. The molecule has 1 aromatic rings. The number of anilines is 1. The molecule has 1 aromatic carbocycles. The summed E-state index contributed by atoms with van der Waals surface area (Å²) < 4.78 is 13.7. The molecule has 1 saturated carbocycles. The lowest BCUT2D eigenvalue weighted by atomic mass is 9.82. The highest BCUT2D eigenvalue weighted by Gasteiger charge is 2.19. The number of carboxylic acids is 1. The molecule has 0 bridgehead atoms. The Morgan fingerprint density at radius 2 is 2.26 bits per heavy atom. The fourth-order valence-corrected chi connectivity index (χ4v) is 2.79. The molecule has 1 aliphatic rings. The van der Waals surface area contributed by atoms with Crippen LogP contribution in [0.1, 0.15) is 43.0 Å². The second-order valence-electron chi connectivity index (χ2n) is 5.52. The highest BCUT2D eigenvalue weighted by Crippen LogP contribution is 2.29. The van der Waals surface area contributed by atoms with Crippen LogP contribution in [0.2, 0.25) is 0 Å². The fourth-order valence-electron chi connectivity index (χ4n) is 2.79. The summed E-state index contributed by atoms with van der Waals surface area (Å²) in [6.07, 6.45) is 4.90. The lowest BCUT2D eigenvalue weighted by Crippen LogP contribution is -2.21. The Kier molecular flexibility index (Phi) is 4.40. The first-order chi connectivity index (χ1) is 9.06. The van der Waals surface area contributed by atoms with Crippen LogP contribution in [0.3, 0.4) is 0 Å². The minimum absolute atomic E-state index is 0.0191. The summed E-state index contributed by atoms with van der Waals surface area (Å²) in [5.41, 5.74) is 0.373. The van der Waals surface area contributed by atoms with E-state index in [1.165, 1.54) is 37.8 Å². The van der Waals surface area contributed by atoms with Gasteiger partial charge in [-0.15, -0.1) is 0 Å². The summed E-state index contributed by atoms with van der Waals surface area (Å²) in [7, 11) is 0. The van der Waals surface area contributed by atoms with Gasteiger partial charge >= 0.3 is 5.97 Å². The molecular formula is C15H20FNO2. The van der Waals surface area contributed by atoms with Crippen LogP contribution in [-0.4, -0.2) is 17.6 Å². The number of benzene rings is 1. The number of carbonyl (C=O) groups is 1. The van der Waals surface area contributed by atoms with E-state index in [1.807, 2.05) is 0 Å². The molecule has 0 saturated heterocycles. The average molecular weight is 265 g/mol. The molecule has 0 spiro atoms. The highest BCUT2D eigenvalue weighted by molar-refractivity contribution is 5.88. The topological polar surface area (TPSA) is 49.3 Å². The number of hydrogen-bond donors (Lipinski definition) is 2. The van der Waals surface area contributed by atoms with Gasteiger partial charge in [0.2, 0.25) is 0 Å². The Morgan fingerprint density at radius 1 is 1.47 bits per heavy atom. The van der Waals surface area contributed by atoms with Crippen molar-refractivity contribution in [1.29, 1.82) is 0 Å². The average Bonchev–Trinajstić information content (AvgIpc) is 2.37. The Hall–Kier alpha value is -1.58. The van der Waals surface area contributed by atoms with E-state index in [0.717, 1.165) is 18.5 Å². The van der Waals surface area contributed by atoms with Crippen molar-refractivity contribution in [2.75, 3.05) is 11.9 Å². The Labute approximate surface area is 112 Å². The largest absolute Gasteiger partial charge is 0.478 e. The van der Waals surface area contributed by atoms with Crippen molar-refractivity contribution in [2.45, 2.75) is 32.6 Å². The van der Waals surface area contributed by atoms with Gasteiger partial charge in [-0.3, -0.25) is 0 Å². The normalized spacial score (nSPS) is 23.1.